The minimum atomic E-state index is -2.87. The largest absolute Gasteiger partial charge is 0.461 e. The van der Waals surface area contributed by atoms with Crippen molar-refractivity contribution in [2.75, 3.05) is 0 Å². The van der Waals surface area contributed by atoms with Crippen LogP contribution in [-0.2, 0) is 28.6 Å². The fourth-order valence-electron chi connectivity index (χ4n) is 5.27. The summed E-state index contributed by atoms with van der Waals surface area (Å²) in [7, 11) is 0. The summed E-state index contributed by atoms with van der Waals surface area (Å²) in [5.74, 6) is -5.87. The minimum Gasteiger partial charge on any atom is -0.461 e. The van der Waals surface area contributed by atoms with Crippen molar-refractivity contribution in [1.29, 1.82) is 0 Å². The molecule has 3 N–H and O–H groups in total. The van der Waals surface area contributed by atoms with Crippen LogP contribution >= 0.6 is 0 Å². The predicted molar refractivity (Wildman–Crippen MR) is 71.5 cm³/mol. The zero-order valence-electron chi connectivity index (χ0n) is 13.4. The van der Waals surface area contributed by atoms with Crippen molar-refractivity contribution in [1.82, 2.24) is 0 Å². The van der Waals surface area contributed by atoms with Gasteiger partial charge in [-0.2, -0.15) is 0 Å². The molecule has 3 heterocycles. The highest BCUT2D eigenvalue weighted by molar-refractivity contribution is 5.95. The molecule has 24 heavy (non-hydrogen) atoms. The Hall–Kier alpha value is -1.71. The number of esters is 3. The molecule has 0 amide bonds. The van der Waals surface area contributed by atoms with Gasteiger partial charge in [0, 0.05) is 6.42 Å². The molecule has 0 unspecified atom stereocenters. The van der Waals surface area contributed by atoms with E-state index in [1.165, 1.54) is 0 Å². The van der Waals surface area contributed by atoms with E-state index in [9.17, 15) is 29.7 Å². The van der Waals surface area contributed by atoms with Gasteiger partial charge in [-0.15, -0.1) is 0 Å². The average molecular weight is 342 g/mol. The van der Waals surface area contributed by atoms with E-state index in [1.54, 1.807) is 20.8 Å². The molecule has 6 atom stereocenters. The van der Waals surface area contributed by atoms with Crippen molar-refractivity contribution in [2.24, 2.45) is 16.2 Å². The number of hydrogen-bond acceptors (Lipinski definition) is 9. The lowest BCUT2D eigenvalue weighted by atomic mass is 9.52. The number of rotatable bonds is 0. The van der Waals surface area contributed by atoms with Gasteiger partial charge in [0.1, 0.15) is 11.5 Å². The lowest BCUT2D eigenvalue weighted by Gasteiger charge is -2.51. The summed E-state index contributed by atoms with van der Waals surface area (Å²) in [4.78, 5) is 36.6. The highest BCUT2D eigenvalue weighted by Crippen LogP contribution is 2.77. The lowest BCUT2D eigenvalue weighted by molar-refractivity contribution is -0.374. The Bertz CT molecular complexity index is 696. The molecule has 1 aliphatic carbocycles. The van der Waals surface area contributed by atoms with E-state index in [1.807, 2.05) is 0 Å². The van der Waals surface area contributed by atoms with Crippen LogP contribution in [0.2, 0.25) is 0 Å². The van der Waals surface area contributed by atoms with Crippen molar-refractivity contribution in [3.05, 3.63) is 0 Å². The maximum absolute atomic E-state index is 12.7. The standard InChI is InChI=1S/C15H18O9/c1-11(2,3)13(20)4-6-12(5-7(16)22-6)10(19)24-15(21)14(12,13)8(17)9(18)23-15/h6,8,17,20-21H,4-5H2,1-3H3/t6-,8-,12-,13+,14+,15+/m1/s1. The number of carbonyl (C=O) groups is 3. The molecule has 4 fully saturated rings. The summed E-state index contributed by atoms with van der Waals surface area (Å²) < 4.78 is 14.9. The Labute approximate surface area is 136 Å². The summed E-state index contributed by atoms with van der Waals surface area (Å²) in [6.07, 6.45) is -3.96. The first-order valence-electron chi connectivity index (χ1n) is 7.66. The van der Waals surface area contributed by atoms with E-state index in [-0.39, 0.29) is 6.42 Å². The van der Waals surface area contributed by atoms with Gasteiger partial charge in [0.05, 0.1) is 12.0 Å². The van der Waals surface area contributed by atoms with Gasteiger partial charge in [0.2, 0.25) is 0 Å². The van der Waals surface area contributed by atoms with Gasteiger partial charge in [-0.1, -0.05) is 20.8 Å². The third-order valence-corrected chi connectivity index (χ3v) is 6.29. The van der Waals surface area contributed by atoms with Gasteiger partial charge in [-0.3, -0.25) is 9.59 Å². The van der Waals surface area contributed by atoms with E-state index in [0.29, 0.717) is 0 Å². The Morgan fingerprint density at radius 2 is 1.75 bits per heavy atom. The van der Waals surface area contributed by atoms with E-state index in [0.717, 1.165) is 0 Å². The summed E-state index contributed by atoms with van der Waals surface area (Å²) in [6, 6.07) is 0. The van der Waals surface area contributed by atoms with E-state index in [4.69, 9.17) is 14.2 Å². The highest BCUT2D eigenvalue weighted by Gasteiger charge is 2.98. The van der Waals surface area contributed by atoms with Crippen LogP contribution in [0.15, 0.2) is 0 Å². The Kier molecular flexibility index (Phi) is 2.47. The van der Waals surface area contributed by atoms with E-state index < -0.39 is 64.4 Å². The average Bonchev–Trinajstić information content (AvgIpc) is 2.96. The molecule has 4 aliphatic rings. The number of aliphatic hydroxyl groups is 3. The van der Waals surface area contributed by atoms with Gasteiger partial charge in [-0.05, 0) is 5.41 Å². The first kappa shape index (κ1) is 15.8. The molecule has 3 saturated heterocycles. The summed E-state index contributed by atoms with van der Waals surface area (Å²) >= 11 is 0. The number of ether oxygens (including phenoxy) is 3. The van der Waals surface area contributed by atoms with Crippen LogP contribution in [-0.4, -0.2) is 57.0 Å². The molecule has 0 aromatic heterocycles. The molecule has 0 aromatic carbocycles. The van der Waals surface area contributed by atoms with Crippen molar-refractivity contribution >= 4 is 17.9 Å². The summed E-state index contributed by atoms with van der Waals surface area (Å²) in [5.41, 5.74) is -7.17. The number of aliphatic hydroxyl groups excluding tert-OH is 1. The van der Waals surface area contributed by atoms with Crippen molar-refractivity contribution in [2.45, 2.75) is 57.4 Å². The van der Waals surface area contributed by atoms with Crippen LogP contribution in [0.25, 0.3) is 0 Å². The van der Waals surface area contributed by atoms with Gasteiger partial charge in [-0.25, -0.2) is 4.79 Å². The molecule has 0 aromatic rings. The fourth-order valence-corrected chi connectivity index (χ4v) is 5.27. The van der Waals surface area contributed by atoms with Gasteiger partial charge >= 0.3 is 23.9 Å². The molecular weight excluding hydrogens is 324 g/mol. The quantitative estimate of drug-likeness (QED) is 0.452. The molecule has 4 rings (SSSR count). The van der Waals surface area contributed by atoms with Crippen LogP contribution in [0.3, 0.4) is 0 Å². The number of carbonyl (C=O) groups excluding carboxylic acids is 3. The third-order valence-electron chi connectivity index (χ3n) is 6.29. The second kappa shape index (κ2) is 3.76. The second-order valence-corrected chi connectivity index (χ2v) is 8.04. The van der Waals surface area contributed by atoms with Gasteiger partial charge in [0.15, 0.2) is 11.5 Å². The van der Waals surface area contributed by atoms with Crippen LogP contribution in [0, 0.1) is 16.2 Å². The molecule has 9 heteroatoms. The smallest absolute Gasteiger partial charge is 0.386 e. The molecular formula is C15H18O9. The Morgan fingerprint density at radius 1 is 1.12 bits per heavy atom. The Balaban J connectivity index is 2.10. The van der Waals surface area contributed by atoms with Gasteiger partial charge in [0.25, 0.3) is 0 Å². The molecule has 1 saturated carbocycles. The van der Waals surface area contributed by atoms with E-state index in [2.05, 4.69) is 0 Å². The SMILES string of the molecule is CC(C)(C)[C@@]1(O)C[C@H]2OC(=O)C[C@]23C(=O)O[C@@]2(O)OC(=O)[C@@H](O)[C@]231. The fraction of sp³-hybridized carbons (Fsp3) is 0.800. The molecule has 3 aliphatic heterocycles. The topological polar surface area (TPSA) is 140 Å². The van der Waals surface area contributed by atoms with Crippen LogP contribution in [0.5, 0.6) is 0 Å². The maximum atomic E-state index is 12.7. The highest BCUT2D eigenvalue weighted by atomic mass is 16.9. The van der Waals surface area contributed by atoms with Crippen molar-refractivity contribution < 1.29 is 43.9 Å². The molecule has 9 nitrogen and oxygen atoms in total. The summed E-state index contributed by atoms with van der Waals surface area (Å²) in [6.45, 7) is 4.87. The first-order chi connectivity index (χ1) is 10.9. The third kappa shape index (κ3) is 1.17. The van der Waals surface area contributed by atoms with Crippen LogP contribution in [0.4, 0.5) is 0 Å². The van der Waals surface area contributed by atoms with E-state index >= 15 is 0 Å². The molecule has 132 valence electrons. The lowest BCUT2D eigenvalue weighted by Crippen LogP contribution is -2.68. The normalized spacial score (nSPS) is 52.5. The first-order valence-corrected chi connectivity index (χ1v) is 7.66. The zero-order chi connectivity index (χ0) is 17.9. The Morgan fingerprint density at radius 3 is 2.33 bits per heavy atom. The van der Waals surface area contributed by atoms with Crippen LogP contribution in [0.1, 0.15) is 33.6 Å². The second-order valence-electron chi connectivity index (χ2n) is 8.04. The van der Waals surface area contributed by atoms with Crippen molar-refractivity contribution in [3.63, 3.8) is 0 Å². The molecule has 0 radical (unpaired) electrons. The number of hydrogen-bond donors (Lipinski definition) is 3. The molecule has 0 bridgehead atoms. The molecule has 2 spiro atoms. The maximum Gasteiger partial charge on any atom is 0.386 e. The van der Waals surface area contributed by atoms with Crippen molar-refractivity contribution in [3.8, 4) is 0 Å². The summed E-state index contributed by atoms with van der Waals surface area (Å²) in [5, 5.41) is 33.0. The minimum absolute atomic E-state index is 0.243. The van der Waals surface area contributed by atoms with Crippen LogP contribution < -0.4 is 0 Å². The monoisotopic (exact) mass is 342 g/mol. The predicted octanol–water partition coefficient (Wildman–Crippen LogP) is -1.42. The zero-order valence-corrected chi connectivity index (χ0v) is 13.4. The van der Waals surface area contributed by atoms with Gasteiger partial charge < -0.3 is 29.5 Å².